The zero-order valence-electron chi connectivity index (χ0n) is 6.34. The standard InChI is InChI=1S/C7H11N3O/c8-4-3-7(11)9-10-5-1-2-6-10/h1-3,5-6H2,(H,9,11). The Morgan fingerprint density at radius 2 is 2.18 bits per heavy atom. The first-order valence-electron chi connectivity index (χ1n) is 3.74. The van der Waals surface area contributed by atoms with Gasteiger partial charge < -0.3 is 0 Å². The molecule has 60 valence electrons. The maximum atomic E-state index is 10.8. The predicted octanol–water partition coefficient (Wildman–Crippen LogP) is 0.0271. The lowest BCUT2D eigenvalue weighted by Crippen LogP contribution is -2.39. The van der Waals surface area contributed by atoms with Crippen LogP contribution in [0.5, 0.6) is 0 Å². The Morgan fingerprint density at radius 1 is 1.55 bits per heavy atom. The number of nitriles is 1. The maximum absolute atomic E-state index is 10.8. The van der Waals surface area contributed by atoms with Crippen LogP contribution in [0.2, 0.25) is 0 Å². The van der Waals surface area contributed by atoms with Crippen LogP contribution in [0.3, 0.4) is 0 Å². The van der Waals surface area contributed by atoms with Gasteiger partial charge in [-0.15, -0.1) is 0 Å². The van der Waals surface area contributed by atoms with Crippen molar-refractivity contribution in [2.24, 2.45) is 0 Å². The molecule has 0 spiro atoms. The molecule has 4 heteroatoms. The van der Waals surface area contributed by atoms with Gasteiger partial charge in [-0.2, -0.15) is 5.26 Å². The summed E-state index contributed by atoms with van der Waals surface area (Å²) < 4.78 is 0. The minimum Gasteiger partial charge on any atom is -0.288 e. The molecule has 0 aliphatic carbocycles. The third kappa shape index (κ3) is 2.56. The molecule has 11 heavy (non-hydrogen) atoms. The molecule has 0 saturated carbocycles. The van der Waals surface area contributed by atoms with Crippen LogP contribution < -0.4 is 5.43 Å². The van der Waals surface area contributed by atoms with Crippen molar-refractivity contribution >= 4 is 5.91 Å². The second-order valence-corrected chi connectivity index (χ2v) is 2.56. The first-order valence-corrected chi connectivity index (χ1v) is 3.74. The van der Waals surface area contributed by atoms with Crippen LogP contribution in [0.4, 0.5) is 0 Å². The summed E-state index contributed by atoms with van der Waals surface area (Å²) >= 11 is 0. The molecule has 0 aromatic rings. The van der Waals surface area contributed by atoms with Crippen molar-refractivity contribution < 1.29 is 4.79 Å². The molecule has 0 bridgehead atoms. The van der Waals surface area contributed by atoms with E-state index in [2.05, 4.69) is 5.43 Å². The Bertz CT molecular complexity index is 179. The van der Waals surface area contributed by atoms with E-state index in [0.29, 0.717) is 0 Å². The van der Waals surface area contributed by atoms with Crippen LogP contribution in [0.1, 0.15) is 19.3 Å². The van der Waals surface area contributed by atoms with E-state index in [9.17, 15) is 4.79 Å². The zero-order chi connectivity index (χ0) is 8.10. The van der Waals surface area contributed by atoms with Gasteiger partial charge in [-0.3, -0.25) is 10.2 Å². The third-order valence-corrected chi connectivity index (χ3v) is 1.63. The monoisotopic (exact) mass is 153 g/mol. The van der Waals surface area contributed by atoms with Crippen molar-refractivity contribution in [3.05, 3.63) is 0 Å². The van der Waals surface area contributed by atoms with Crippen LogP contribution in [0.15, 0.2) is 0 Å². The van der Waals surface area contributed by atoms with Crippen LogP contribution in [-0.2, 0) is 4.79 Å². The minimum absolute atomic E-state index is 0.0451. The molecule has 4 nitrogen and oxygen atoms in total. The third-order valence-electron chi connectivity index (χ3n) is 1.63. The second-order valence-electron chi connectivity index (χ2n) is 2.56. The van der Waals surface area contributed by atoms with Crippen molar-refractivity contribution in [1.29, 1.82) is 5.26 Å². The summed E-state index contributed by atoms with van der Waals surface area (Å²) in [6.45, 7) is 1.83. The molecule has 1 rings (SSSR count). The summed E-state index contributed by atoms with van der Waals surface area (Å²) in [6, 6.07) is 1.80. The normalized spacial score (nSPS) is 17.7. The SMILES string of the molecule is N#CCC(=O)NN1CCCC1. The Kier molecular flexibility index (Phi) is 2.87. The molecule has 1 saturated heterocycles. The number of amides is 1. The van der Waals surface area contributed by atoms with Crippen LogP contribution in [0, 0.1) is 11.3 Å². The van der Waals surface area contributed by atoms with Gasteiger partial charge in [0, 0.05) is 13.1 Å². The second kappa shape index (κ2) is 3.94. The molecule has 1 N–H and O–H groups in total. The van der Waals surface area contributed by atoms with Crippen LogP contribution in [0.25, 0.3) is 0 Å². The van der Waals surface area contributed by atoms with Gasteiger partial charge in [-0.1, -0.05) is 0 Å². The van der Waals surface area contributed by atoms with Gasteiger partial charge in [0.2, 0.25) is 5.91 Å². The summed E-state index contributed by atoms with van der Waals surface area (Å²) in [5.74, 6) is -0.200. The molecule has 0 aromatic heterocycles. The molecule has 1 aliphatic rings. The number of carbonyl (C=O) groups is 1. The van der Waals surface area contributed by atoms with E-state index in [1.807, 2.05) is 5.01 Å². The van der Waals surface area contributed by atoms with Gasteiger partial charge >= 0.3 is 0 Å². The number of hydrazine groups is 1. The van der Waals surface area contributed by atoms with E-state index in [1.165, 1.54) is 0 Å². The number of rotatable bonds is 2. The molecule has 1 fully saturated rings. The van der Waals surface area contributed by atoms with Gasteiger partial charge in [-0.05, 0) is 12.8 Å². The highest BCUT2D eigenvalue weighted by atomic mass is 16.2. The van der Waals surface area contributed by atoms with E-state index in [4.69, 9.17) is 5.26 Å². The lowest BCUT2D eigenvalue weighted by Gasteiger charge is -2.14. The van der Waals surface area contributed by atoms with Gasteiger partial charge in [0.15, 0.2) is 0 Å². The quantitative estimate of drug-likeness (QED) is 0.608. The molecule has 1 amide bonds. The summed E-state index contributed by atoms with van der Waals surface area (Å²) in [4.78, 5) is 10.8. The molecule has 1 aliphatic heterocycles. The molecular weight excluding hydrogens is 142 g/mol. The molecule has 1 heterocycles. The average Bonchev–Trinajstić information content (AvgIpc) is 2.40. The Morgan fingerprint density at radius 3 is 2.73 bits per heavy atom. The summed E-state index contributed by atoms with van der Waals surface area (Å²) in [5.41, 5.74) is 2.65. The zero-order valence-corrected chi connectivity index (χ0v) is 6.34. The first kappa shape index (κ1) is 8.02. The van der Waals surface area contributed by atoms with E-state index in [0.717, 1.165) is 25.9 Å². The van der Waals surface area contributed by atoms with Gasteiger partial charge in [0.1, 0.15) is 6.42 Å². The Balaban J connectivity index is 2.19. The summed E-state index contributed by atoms with van der Waals surface area (Å²) in [6.07, 6.45) is 2.22. The largest absolute Gasteiger partial charge is 0.288 e. The maximum Gasteiger partial charge on any atom is 0.248 e. The number of carbonyl (C=O) groups excluding carboxylic acids is 1. The van der Waals surface area contributed by atoms with Gasteiger partial charge in [0.05, 0.1) is 6.07 Å². The van der Waals surface area contributed by atoms with Gasteiger partial charge in [-0.25, -0.2) is 5.01 Å². The predicted molar refractivity (Wildman–Crippen MR) is 39.2 cm³/mol. The number of hydrogen-bond acceptors (Lipinski definition) is 3. The van der Waals surface area contributed by atoms with Crippen LogP contribution >= 0.6 is 0 Å². The van der Waals surface area contributed by atoms with Crippen molar-refractivity contribution in [2.45, 2.75) is 19.3 Å². The minimum atomic E-state index is -0.200. The summed E-state index contributed by atoms with van der Waals surface area (Å²) in [5, 5.41) is 10.0. The molecular formula is C7H11N3O. The fraction of sp³-hybridized carbons (Fsp3) is 0.714. The lowest BCUT2D eigenvalue weighted by atomic mass is 10.4. The molecule has 0 radical (unpaired) electrons. The molecule has 0 aromatic carbocycles. The van der Waals surface area contributed by atoms with E-state index >= 15 is 0 Å². The van der Waals surface area contributed by atoms with Gasteiger partial charge in [0.25, 0.3) is 0 Å². The molecule has 0 unspecified atom stereocenters. The highest BCUT2D eigenvalue weighted by molar-refractivity contribution is 5.77. The number of hydrogen-bond donors (Lipinski definition) is 1. The average molecular weight is 153 g/mol. The highest BCUT2D eigenvalue weighted by Crippen LogP contribution is 2.03. The topological polar surface area (TPSA) is 56.1 Å². The van der Waals surface area contributed by atoms with Crippen molar-refractivity contribution in [1.82, 2.24) is 10.4 Å². The fourth-order valence-electron chi connectivity index (χ4n) is 1.12. The van der Waals surface area contributed by atoms with Crippen LogP contribution in [-0.4, -0.2) is 24.0 Å². The van der Waals surface area contributed by atoms with Crippen molar-refractivity contribution in [3.63, 3.8) is 0 Å². The van der Waals surface area contributed by atoms with Crippen molar-refractivity contribution in [2.75, 3.05) is 13.1 Å². The smallest absolute Gasteiger partial charge is 0.248 e. The number of nitrogens with zero attached hydrogens (tertiary/aromatic N) is 2. The fourth-order valence-corrected chi connectivity index (χ4v) is 1.12. The van der Waals surface area contributed by atoms with E-state index in [1.54, 1.807) is 6.07 Å². The first-order chi connectivity index (χ1) is 5.33. The van der Waals surface area contributed by atoms with E-state index in [-0.39, 0.29) is 12.3 Å². The lowest BCUT2D eigenvalue weighted by molar-refractivity contribution is -0.124. The summed E-state index contributed by atoms with van der Waals surface area (Å²) in [7, 11) is 0. The Hall–Kier alpha value is -1.08. The number of nitrogens with one attached hydrogen (secondary N) is 1. The van der Waals surface area contributed by atoms with E-state index < -0.39 is 0 Å². The van der Waals surface area contributed by atoms with Crippen molar-refractivity contribution in [3.8, 4) is 6.07 Å². The molecule has 0 atom stereocenters. The Labute approximate surface area is 65.8 Å². The highest BCUT2D eigenvalue weighted by Gasteiger charge is 2.12.